The number of hydrogen-bond donors (Lipinski definition) is 2. The first-order valence-corrected chi connectivity index (χ1v) is 7.96. The summed E-state index contributed by atoms with van der Waals surface area (Å²) in [5.41, 5.74) is 0. The lowest BCUT2D eigenvalue weighted by Crippen LogP contribution is -2.40. The van der Waals surface area contributed by atoms with Crippen molar-refractivity contribution in [1.29, 1.82) is 0 Å². The maximum atomic E-state index is 11.8. The van der Waals surface area contributed by atoms with Crippen LogP contribution in [0.5, 0.6) is 0 Å². The molecule has 0 aromatic heterocycles. The molecular weight excluding hydrogens is 238 g/mol. The molecule has 0 amide bonds. The summed E-state index contributed by atoms with van der Waals surface area (Å²) in [6.45, 7) is 2.10. The summed E-state index contributed by atoms with van der Waals surface area (Å²) in [4.78, 5) is 0. The average molecular weight is 261 g/mol. The molecule has 0 aromatic rings. The minimum absolute atomic E-state index is 0.578. The molecule has 2 fully saturated rings. The highest BCUT2D eigenvalue weighted by Crippen LogP contribution is 2.27. The van der Waals surface area contributed by atoms with Crippen LogP contribution in [0.2, 0.25) is 0 Å². The highest BCUT2D eigenvalue weighted by Gasteiger charge is 2.25. The van der Waals surface area contributed by atoms with Crippen LogP contribution in [0.4, 0.5) is 0 Å². The number of rotatable bonds is 9. The van der Waals surface area contributed by atoms with Crippen LogP contribution in [0.1, 0.15) is 32.1 Å². The Kier molecular flexibility index (Phi) is 4.41. The van der Waals surface area contributed by atoms with E-state index in [4.69, 9.17) is 0 Å². The van der Waals surface area contributed by atoms with E-state index in [1.807, 2.05) is 0 Å². The highest BCUT2D eigenvalue weighted by molar-refractivity contribution is 7.87. The molecule has 0 atom stereocenters. The van der Waals surface area contributed by atoms with Crippen molar-refractivity contribution in [1.82, 2.24) is 14.3 Å². The molecule has 6 heteroatoms. The van der Waals surface area contributed by atoms with E-state index in [1.165, 1.54) is 17.1 Å². The third-order valence-corrected chi connectivity index (χ3v) is 4.86. The zero-order valence-electron chi connectivity index (χ0n) is 10.5. The van der Waals surface area contributed by atoms with Crippen LogP contribution in [-0.2, 0) is 10.2 Å². The largest absolute Gasteiger partial charge is 0.314 e. The van der Waals surface area contributed by atoms with Crippen molar-refractivity contribution in [3.63, 3.8) is 0 Å². The second-order valence-electron chi connectivity index (χ2n) is 5.20. The van der Waals surface area contributed by atoms with Crippen LogP contribution >= 0.6 is 0 Å². The van der Waals surface area contributed by atoms with Crippen molar-refractivity contribution in [2.75, 3.05) is 26.7 Å². The molecule has 0 heterocycles. The Balaban J connectivity index is 1.59. The van der Waals surface area contributed by atoms with Crippen molar-refractivity contribution < 1.29 is 8.42 Å². The normalized spacial score (nSPS) is 21.1. The predicted molar refractivity (Wildman–Crippen MR) is 67.9 cm³/mol. The van der Waals surface area contributed by atoms with Gasteiger partial charge in [-0.1, -0.05) is 0 Å². The molecule has 0 aliphatic heterocycles. The van der Waals surface area contributed by atoms with Gasteiger partial charge in [-0.2, -0.15) is 12.7 Å². The van der Waals surface area contributed by atoms with Gasteiger partial charge in [0.05, 0.1) is 0 Å². The summed E-state index contributed by atoms with van der Waals surface area (Å²) in [5.74, 6) is 0.578. The summed E-state index contributed by atoms with van der Waals surface area (Å²) < 4.78 is 27.7. The smallest absolute Gasteiger partial charge is 0.279 e. The van der Waals surface area contributed by atoms with Crippen molar-refractivity contribution in [2.45, 2.75) is 38.1 Å². The van der Waals surface area contributed by atoms with Gasteiger partial charge in [-0.25, -0.2) is 4.72 Å². The van der Waals surface area contributed by atoms with Gasteiger partial charge in [-0.05, 0) is 44.6 Å². The van der Waals surface area contributed by atoms with Crippen molar-refractivity contribution in [2.24, 2.45) is 5.92 Å². The fourth-order valence-corrected chi connectivity index (χ4v) is 2.71. The Labute approximate surface area is 104 Å². The number of hydrogen-bond acceptors (Lipinski definition) is 3. The lowest BCUT2D eigenvalue weighted by Gasteiger charge is -2.17. The van der Waals surface area contributed by atoms with Gasteiger partial charge in [0.1, 0.15) is 0 Å². The zero-order valence-corrected chi connectivity index (χ0v) is 11.3. The maximum Gasteiger partial charge on any atom is 0.279 e. The Hall–Kier alpha value is -0.170. The molecule has 0 saturated heterocycles. The molecule has 2 N–H and O–H groups in total. The Bertz CT molecular complexity index is 337. The first-order valence-electron chi connectivity index (χ1n) is 6.52. The highest BCUT2D eigenvalue weighted by atomic mass is 32.2. The molecular formula is C11H23N3O2S. The summed E-state index contributed by atoms with van der Waals surface area (Å²) >= 11 is 0. The maximum absolute atomic E-state index is 11.8. The Morgan fingerprint density at radius 3 is 2.53 bits per heavy atom. The van der Waals surface area contributed by atoms with Gasteiger partial charge in [-0.3, -0.25) is 0 Å². The van der Waals surface area contributed by atoms with Crippen LogP contribution in [0, 0.1) is 5.92 Å². The average Bonchev–Trinajstić information content (AvgIpc) is 3.15. The van der Waals surface area contributed by atoms with Gasteiger partial charge in [0.25, 0.3) is 10.2 Å². The van der Waals surface area contributed by atoms with Crippen LogP contribution in [0.25, 0.3) is 0 Å². The van der Waals surface area contributed by atoms with Crippen LogP contribution < -0.4 is 10.0 Å². The molecule has 100 valence electrons. The SMILES string of the molecule is CN(CCCNC1CC1)S(=O)(=O)NCC1CC1. The molecule has 0 bridgehead atoms. The van der Waals surface area contributed by atoms with Gasteiger partial charge < -0.3 is 5.32 Å². The predicted octanol–water partition coefficient (Wildman–Crippen LogP) is 0.305. The van der Waals surface area contributed by atoms with E-state index in [1.54, 1.807) is 7.05 Å². The number of nitrogens with one attached hydrogen (secondary N) is 2. The van der Waals surface area contributed by atoms with Crippen molar-refractivity contribution >= 4 is 10.2 Å². The molecule has 2 saturated carbocycles. The van der Waals surface area contributed by atoms with Crippen molar-refractivity contribution in [3.05, 3.63) is 0 Å². The first-order chi connectivity index (χ1) is 8.08. The van der Waals surface area contributed by atoms with Gasteiger partial charge in [0.2, 0.25) is 0 Å². The summed E-state index contributed by atoms with van der Waals surface area (Å²) in [7, 11) is -1.60. The molecule has 0 spiro atoms. The molecule has 2 aliphatic rings. The second-order valence-corrected chi connectivity index (χ2v) is 7.06. The minimum Gasteiger partial charge on any atom is -0.314 e. The second kappa shape index (κ2) is 5.65. The molecule has 0 unspecified atom stereocenters. The Morgan fingerprint density at radius 2 is 1.94 bits per heavy atom. The van der Waals surface area contributed by atoms with Gasteiger partial charge in [-0.15, -0.1) is 0 Å². The zero-order chi connectivity index (χ0) is 12.3. The van der Waals surface area contributed by atoms with Crippen LogP contribution in [0.15, 0.2) is 0 Å². The van der Waals surface area contributed by atoms with E-state index in [2.05, 4.69) is 10.0 Å². The van der Waals surface area contributed by atoms with E-state index in [0.29, 0.717) is 25.0 Å². The third-order valence-electron chi connectivity index (χ3n) is 3.32. The Morgan fingerprint density at radius 1 is 1.24 bits per heavy atom. The summed E-state index contributed by atoms with van der Waals surface area (Å²) in [5, 5.41) is 3.38. The van der Waals surface area contributed by atoms with E-state index in [-0.39, 0.29) is 0 Å². The van der Waals surface area contributed by atoms with Gasteiger partial charge >= 0.3 is 0 Å². The lowest BCUT2D eigenvalue weighted by molar-refractivity contribution is 0.443. The van der Waals surface area contributed by atoms with Gasteiger partial charge in [0, 0.05) is 26.2 Å². The molecule has 0 aromatic carbocycles. The molecule has 2 rings (SSSR count). The monoisotopic (exact) mass is 261 g/mol. The molecule has 17 heavy (non-hydrogen) atoms. The van der Waals surface area contributed by atoms with E-state index in [9.17, 15) is 8.42 Å². The van der Waals surface area contributed by atoms with Crippen LogP contribution in [0.3, 0.4) is 0 Å². The quantitative estimate of drug-likeness (QED) is 0.587. The summed E-state index contributed by atoms with van der Waals surface area (Å²) in [6.07, 6.45) is 5.75. The fourth-order valence-electron chi connectivity index (χ4n) is 1.67. The lowest BCUT2D eigenvalue weighted by atomic mass is 10.4. The van der Waals surface area contributed by atoms with Gasteiger partial charge in [0.15, 0.2) is 0 Å². The standard InChI is InChI=1S/C11H23N3O2S/c1-14(8-2-7-12-11-5-6-11)17(15,16)13-9-10-3-4-10/h10-13H,2-9H2,1H3. The minimum atomic E-state index is -3.24. The number of nitrogens with zero attached hydrogens (tertiary/aromatic N) is 1. The van der Waals surface area contributed by atoms with Crippen LogP contribution in [-0.4, -0.2) is 45.4 Å². The van der Waals surface area contributed by atoms with Crippen molar-refractivity contribution in [3.8, 4) is 0 Å². The summed E-state index contributed by atoms with van der Waals surface area (Å²) in [6, 6.07) is 0.699. The van der Waals surface area contributed by atoms with E-state index in [0.717, 1.165) is 25.8 Å². The first kappa shape index (κ1) is 13.3. The molecule has 0 radical (unpaired) electrons. The topological polar surface area (TPSA) is 61.4 Å². The molecule has 5 nitrogen and oxygen atoms in total. The van der Waals surface area contributed by atoms with E-state index < -0.39 is 10.2 Å². The third kappa shape index (κ3) is 4.91. The van der Waals surface area contributed by atoms with E-state index >= 15 is 0 Å². The fraction of sp³-hybridized carbons (Fsp3) is 1.00. The molecule has 2 aliphatic carbocycles.